The smallest absolute Gasteiger partial charge is 0.145 e. The lowest BCUT2D eigenvalue weighted by atomic mass is 10.1. The van der Waals surface area contributed by atoms with Crippen LogP contribution in [0.2, 0.25) is 0 Å². The van der Waals surface area contributed by atoms with Crippen molar-refractivity contribution in [3.63, 3.8) is 0 Å². The molecule has 1 aliphatic rings. The van der Waals surface area contributed by atoms with E-state index in [0.29, 0.717) is 17.7 Å². The maximum Gasteiger partial charge on any atom is 0.145 e. The number of benzene rings is 1. The molecular formula is C15H23FN2O. The lowest BCUT2D eigenvalue weighted by Gasteiger charge is -2.33. The molecule has 0 amide bonds. The number of ether oxygens (including phenoxy) is 1. The maximum atomic E-state index is 13.3. The zero-order chi connectivity index (χ0) is 13.8. The standard InChI is InChI=1S/C15H23FN2O/c1-11-9-17-12(2)6-7-18(10-11)14-5-4-13(16)8-15(14)19-3/h4-5,8,11-12,17H,6-7,9-10H2,1-3H3. The van der Waals surface area contributed by atoms with E-state index in [1.807, 2.05) is 6.07 Å². The van der Waals surface area contributed by atoms with Crippen molar-refractivity contribution < 1.29 is 9.13 Å². The molecule has 2 rings (SSSR count). The van der Waals surface area contributed by atoms with Crippen LogP contribution in [-0.4, -0.2) is 32.8 Å². The van der Waals surface area contributed by atoms with Gasteiger partial charge in [-0.2, -0.15) is 0 Å². The Labute approximate surface area is 114 Å². The monoisotopic (exact) mass is 266 g/mol. The highest BCUT2D eigenvalue weighted by Gasteiger charge is 2.19. The molecule has 0 aliphatic carbocycles. The number of methoxy groups -OCH3 is 1. The number of hydrogen-bond donors (Lipinski definition) is 1. The second kappa shape index (κ2) is 6.24. The van der Waals surface area contributed by atoms with Crippen LogP contribution in [0, 0.1) is 11.7 Å². The zero-order valence-corrected chi connectivity index (χ0v) is 11.9. The highest BCUT2D eigenvalue weighted by molar-refractivity contribution is 5.58. The number of halogens is 1. The Morgan fingerprint density at radius 3 is 2.89 bits per heavy atom. The van der Waals surface area contributed by atoms with E-state index in [4.69, 9.17) is 4.74 Å². The van der Waals surface area contributed by atoms with Gasteiger partial charge < -0.3 is 15.0 Å². The molecule has 1 fully saturated rings. The molecule has 1 aliphatic heterocycles. The van der Waals surface area contributed by atoms with E-state index in [2.05, 4.69) is 24.1 Å². The van der Waals surface area contributed by atoms with Crippen LogP contribution in [0.1, 0.15) is 20.3 Å². The molecular weight excluding hydrogens is 243 g/mol. The van der Waals surface area contributed by atoms with Crippen molar-refractivity contribution in [3.8, 4) is 5.75 Å². The summed E-state index contributed by atoms with van der Waals surface area (Å²) in [6.07, 6.45) is 1.08. The highest BCUT2D eigenvalue weighted by Crippen LogP contribution is 2.30. The lowest BCUT2D eigenvalue weighted by molar-refractivity contribution is 0.394. The fraction of sp³-hybridized carbons (Fsp3) is 0.600. The molecule has 1 saturated heterocycles. The Hall–Kier alpha value is -1.29. The summed E-state index contributed by atoms with van der Waals surface area (Å²) in [6.45, 7) is 7.37. The third-order valence-electron chi connectivity index (χ3n) is 3.66. The first-order valence-electron chi connectivity index (χ1n) is 6.92. The van der Waals surface area contributed by atoms with E-state index in [9.17, 15) is 4.39 Å². The van der Waals surface area contributed by atoms with Gasteiger partial charge in [0.15, 0.2) is 0 Å². The summed E-state index contributed by atoms with van der Waals surface area (Å²) in [5.41, 5.74) is 0.991. The van der Waals surface area contributed by atoms with E-state index in [0.717, 1.165) is 31.7 Å². The third-order valence-corrected chi connectivity index (χ3v) is 3.66. The summed E-state index contributed by atoms with van der Waals surface area (Å²) in [7, 11) is 1.59. The quantitative estimate of drug-likeness (QED) is 0.890. The van der Waals surface area contributed by atoms with Crippen LogP contribution in [0.15, 0.2) is 18.2 Å². The van der Waals surface area contributed by atoms with Gasteiger partial charge in [-0.25, -0.2) is 4.39 Å². The molecule has 3 nitrogen and oxygen atoms in total. The summed E-state index contributed by atoms with van der Waals surface area (Å²) >= 11 is 0. The molecule has 0 saturated carbocycles. The molecule has 19 heavy (non-hydrogen) atoms. The molecule has 2 unspecified atom stereocenters. The van der Waals surface area contributed by atoms with Crippen LogP contribution >= 0.6 is 0 Å². The average Bonchev–Trinajstić information content (AvgIpc) is 2.39. The SMILES string of the molecule is COc1cc(F)ccc1N1CCC(C)NCC(C)C1. The van der Waals surface area contributed by atoms with Crippen molar-refractivity contribution in [2.45, 2.75) is 26.3 Å². The molecule has 0 radical (unpaired) electrons. The van der Waals surface area contributed by atoms with Crippen molar-refractivity contribution in [2.75, 3.05) is 31.6 Å². The Kier molecular flexibility index (Phi) is 4.64. The predicted molar refractivity (Wildman–Crippen MR) is 76.4 cm³/mol. The molecule has 1 N–H and O–H groups in total. The molecule has 0 spiro atoms. The second-order valence-electron chi connectivity index (χ2n) is 5.47. The molecule has 0 bridgehead atoms. The van der Waals surface area contributed by atoms with Crippen LogP contribution in [-0.2, 0) is 0 Å². The van der Waals surface area contributed by atoms with E-state index >= 15 is 0 Å². The second-order valence-corrected chi connectivity index (χ2v) is 5.47. The third kappa shape index (κ3) is 3.60. The van der Waals surface area contributed by atoms with Gasteiger partial charge in [0, 0.05) is 25.2 Å². The first-order valence-corrected chi connectivity index (χ1v) is 6.92. The molecule has 1 aromatic carbocycles. The number of anilines is 1. The van der Waals surface area contributed by atoms with Gasteiger partial charge in [-0.15, -0.1) is 0 Å². The van der Waals surface area contributed by atoms with Crippen molar-refractivity contribution in [1.82, 2.24) is 5.32 Å². The molecule has 2 atom stereocenters. The summed E-state index contributed by atoms with van der Waals surface area (Å²) in [5.74, 6) is 0.918. The Bertz CT molecular complexity index is 425. The van der Waals surface area contributed by atoms with Gasteiger partial charge in [-0.1, -0.05) is 6.92 Å². The van der Waals surface area contributed by atoms with E-state index in [-0.39, 0.29) is 5.82 Å². The van der Waals surface area contributed by atoms with E-state index in [1.165, 1.54) is 12.1 Å². The Morgan fingerprint density at radius 2 is 2.16 bits per heavy atom. The van der Waals surface area contributed by atoms with Gasteiger partial charge in [-0.3, -0.25) is 0 Å². The van der Waals surface area contributed by atoms with Gasteiger partial charge in [-0.05, 0) is 37.9 Å². The first kappa shape index (κ1) is 14.1. The van der Waals surface area contributed by atoms with Gasteiger partial charge in [0.25, 0.3) is 0 Å². The first-order chi connectivity index (χ1) is 9.10. The van der Waals surface area contributed by atoms with Crippen LogP contribution < -0.4 is 15.0 Å². The molecule has 4 heteroatoms. The van der Waals surface area contributed by atoms with Crippen LogP contribution in [0.3, 0.4) is 0 Å². The van der Waals surface area contributed by atoms with Crippen LogP contribution in [0.4, 0.5) is 10.1 Å². The number of nitrogens with zero attached hydrogens (tertiary/aromatic N) is 1. The fourth-order valence-corrected chi connectivity index (χ4v) is 2.52. The van der Waals surface area contributed by atoms with Crippen LogP contribution in [0.5, 0.6) is 5.75 Å². The maximum absolute atomic E-state index is 13.3. The predicted octanol–water partition coefficient (Wildman–Crippen LogP) is 2.66. The lowest BCUT2D eigenvalue weighted by Crippen LogP contribution is -2.42. The van der Waals surface area contributed by atoms with Crippen molar-refractivity contribution in [1.29, 1.82) is 0 Å². The van der Waals surface area contributed by atoms with Gasteiger partial charge in [0.05, 0.1) is 12.8 Å². The minimum atomic E-state index is -0.254. The molecule has 1 heterocycles. The van der Waals surface area contributed by atoms with E-state index in [1.54, 1.807) is 7.11 Å². The molecule has 0 aromatic heterocycles. The number of hydrogen-bond acceptors (Lipinski definition) is 3. The van der Waals surface area contributed by atoms with Crippen LogP contribution in [0.25, 0.3) is 0 Å². The number of rotatable bonds is 2. The van der Waals surface area contributed by atoms with E-state index < -0.39 is 0 Å². The minimum absolute atomic E-state index is 0.254. The van der Waals surface area contributed by atoms with Crippen molar-refractivity contribution in [3.05, 3.63) is 24.0 Å². The topological polar surface area (TPSA) is 24.5 Å². The number of nitrogens with one attached hydrogen (secondary N) is 1. The van der Waals surface area contributed by atoms with Crippen molar-refractivity contribution >= 4 is 5.69 Å². The highest BCUT2D eigenvalue weighted by atomic mass is 19.1. The largest absolute Gasteiger partial charge is 0.494 e. The molecule has 106 valence electrons. The van der Waals surface area contributed by atoms with Gasteiger partial charge in [0.2, 0.25) is 0 Å². The van der Waals surface area contributed by atoms with Crippen molar-refractivity contribution in [2.24, 2.45) is 5.92 Å². The normalized spacial score (nSPS) is 24.7. The van der Waals surface area contributed by atoms with Gasteiger partial charge in [0.1, 0.15) is 11.6 Å². The summed E-state index contributed by atoms with van der Waals surface area (Å²) < 4.78 is 18.6. The zero-order valence-electron chi connectivity index (χ0n) is 11.9. The summed E-state index contributed by atoms with van der Waals surface area (Å²) in [4.78, 5) is 2.31. The fourth-order valence-electron chi connectivity index (χ4n) is 2.52. The average molecular weight is 266 g/mol. The Morgan fingerprint density at radius 1 is 1.37 bits per heavy atom. The minimum Gasteiger partial charge on any atom is -0.494 e. The Balaban J connectivity index is 2.22. The summed E-state index contributed by atoms with van der Waals surface area (Å²) in [6, 6.07) is 5.29. The van der Waals surface area contributed by atoms with Gasteiger partial charge >= 0.3 is 0 Å². The summed E-state index contributed by atoms with van der Waals surface area (Å²) in [5, 5.41) is 3.53. The molecule has 1 aromatic rings.